The van der Waals surface area contributed by atoms with Crippen LogP contribution in [0.2, 0.25) is 0 Å². The highest BCUT2D eigenvalue weighted by Gasteiger charge is 2.27. The summed E-state index contributed by atoms with van der Waals surface area (Å²) < 4.78 is 24.3. The van der Waals surface area contributed by atoms with Gasteiger partial charge in [0.15, 0.2) is 9.84 Å². The maximum absolute atomic E-state index is 12.1. The lowest BCUT2D eigenvalue weighted by atomic mass is 9.84. The molecule has 1 rings (SSSR count). The predicted octanol–water partition coefficient (Wildman–Crippen LogP) is 2.62. The van der Waals surface area contributed by atoms with Gasteiger partial charge in [-0.2, -0.15) is 0 Å². The van der Waals surface area contributed by atoms with Crippen molar-refractivity contribution in [2.75, 3.05) is 18.1 Å². The van der Waals surface area contributed by atoms with Gasteiger partial charge in [0.2, 0.25) is 0 Å². The number of rotatable bonds is 7. The Balaban J connectivity index is 2.61. The van der Waals surface area contributed by atoms with Crippen LogP contribution in [0.1, 0.15) is 52.9 Å². The summed E-state index contributed by atoms with van der Waals surface area (Å²) in [5, 5.41) is 3.40. The first-order valence-corrected chi connectivity index (χ1v) is 9.20. The molecule has 0 heterocycles. The molecule has 0 aromatic heterocycles. The SMILES string of the molecule is CCNC(CS(=O)(=O)CC(C)C)C1CCCCC1. The molecule has 0 aromatic rings. The van der Waals surface area contributed by atoms with Crippen LogP contribution in [0.15, 0.2) is 0 Å². The summed E-state index contributed by atoms with van der Waals surface area (Å²) in [4.78, 5) is 0. The van der Waals surface area contributed by atoms with Crippen molar-refractivity contribution < 1.29 is 8.42 Å². The molecular weight excluding hydrogens is 246 g/mol. The van der Waals surface area contributed by atoms with Gasteiger partial charge >= 0.3 is 0 Å². The summed E-state index contributed by atoms with van der Waals surface area (Å²) in [5.41, 5.74) is 0. The minimum absolute atomic E-state index is 0.166. The van der Waals surface area contributed by atoms with Crippen LogP contribution in [-0.2, 0) is 9.84 Å². The molecule has 0 amide bonds. The number of nitrogens with one attached hydrogen (secondary N) is 1. The molecule has 0 aromatic carbocycles. The molecule has 1 saturated carbocycles. The van der Waals surface area contributed by atoms with Crippen molar-refractivity contribution in [3.63, 3.8) is 0 Å². The fraction of sp³-hybridized carbons (Fsp3) is 1.00. The molecule has 0 bridgehead atoms. The molecule has 4 heteroatoms. The van der Waals surface area contributed by atoms with Gasteiger partial charge in [-0.15, -0.1) is 0 Å². The summed E-state index contributed by atoms with van der Waals surface area (Å²) in [5.74, 6) is 1.43. The van der Waals surface area contributed by atoms with E-state index in [0.717, 1.165) is 6.54 Å². The van der Waals surface area contributed by atoms with Crippen molar-refractivity contribution >= 4 is 9.84 Å². The maximum atomic E-state index is 12.1. The average molecular weight is 275 g/mol. The van der Waals surface area contributed by atoms with E-state index in [-0.39, 0.29) is 12.0 Å². The Bertz CT molecular complexity index is 319. The van der Waals surface area contributed by atoms with E-state index < -0.39 is 9.84 Å². The third kappa shape index (κ3) is 5.70. The Kier molecular flexibility index (Phi) is 6.64. The lowest BCUT2D eigenvalue weighted by Crippen LogP contribution is -2.43. The molecule has 0 aliphatic heterocycles. The topological polar surface area (TPSA) is 46.2 Å². The van der Waals surface area contributed by atoms with Crippen molar-refractivity contribution in [2.24, 2.45) is 11.8 Å². The van der Waals surface area contributed by atoms with E-state index in [1.807, 2.05) is 13.8 Å². The lowest BCUT2D eigenvalue weighted by molar-refractivity contribution is 0.285. The molecule has 1 aliphatic rings. The number of hydrogen-bond donors (Lipinski definition) is 1. The smallest absolute Gasteiger partial charge is 0.152 e. The van der Waals surface area contributed by atoms with Crippen molar-refractivity contribution in [1.82, 2.24) is 5.32 Å². The van der Waals surface area contributed by atoms with Crippen molar-refractivity contribution in [2.45, 2.75) is 58.9 Å². The van der Waals surface area contributed by atoms with E-state index in [4.69, 9.17) is 0 Å². The predicted molar refractivity (Wildman–Crippen MR) is 77.5 cm³/mol. The van der Waals surface area contributed by atoms with Crippen molar-refractivity contribution in [1.29, 1.82) is 0 Å². The van der Waals surface area contributed by atoms with Crippen LogP contribution in [0.25, 0.3) is 0 Å². The summed E-state index contributed by atoms with van der Waals surface area (Å²) in [6.45, 7) is 6.87. The molecule has 1 aliphatic carbocycles. The minimum Gasteiger partial charge on any atom is -0.313 e. The van der Waals surface area contributed by atoms with Gasteiger partial charge in [0.25, 0.3) is 0 Å². The van der Waals surface area contributed by atoms with Crippen LogP contribution in [0, 0.1) is 11.8 Å². The molecule has 1 atom stereocenters. The maximum Gasteiger partial charge on any atom is 0.152 e. The third-order valence-corrected chi connectivity index (χ3v) is 5.75. The second kappa shape index (κ2) is 7.49. The Morgan fingerprint density at radius 3 is 2.22 bits per heavy atom. The quantitative estimate of drug-likeness (QED) is 0.777. The first-order chi connectivity index (χ1) is 8.44. The Labute approximate surface area is 113 Å². The molecule has 1 fully saturated rings. The zero-order valence-electron chi connectivity index (χ0n) is 12.1. The summed E-state index contributed by atoms with van der Waals surface area (Å²) >= 11 is 0. The largest absolute Gasteiger partial charge is 0.313 e. The first kappa shape index (κ1) is 16.0. The van der Waals surface area contributed by atoms with Gasteiger partial charge in [0.05, 0.1) is 11.5 Å². The second-order valence-corrected chi connectivity index (χ2v) is 8.19. The van der Waals surface area contributed by atoms with Gasteiger partial charge in [-0.1, -0.05) is 40.0 Å². The zero-order chi connectivity index (χ0) is 13.6. The third-order valence-electron chi connectivity index (χ3n) is 3.71. The van der Waals surface area contributed by atoms with E-state index >= 15 is 0 Å². The molecule has 3 nitrogen and oxygen atoms in total. The molecule has 1 unspecified atom stereocenters. The molecular formula is C14H29NO2S. The summed E-state index contributed by atoms with van der Waals surface area (Å²) in [7, 11) is -2.91. The van der Waals surface area contributed by atoms with Crippen LogP contribution >= 0.6 is 0 Å². The van der Waals surface area contributed by atoms with E-state index in [0.29, 0.717) is 17.4 Å². The Hall–Kier alpha value is -0.0900. The Morgan fingerprint density at radius 2 is 1.72 bits per heavy atom. The van der Waals surface area contributed by atoms with E-state index in [2.05, 4.69) is 12.2 Å². The second-order valence-electron chi connectivity index (χ2n) is 6.03. The fourth-order valence-electron chi connectivity index (χ4n) is 3.01. The summed E-state index contributed by atoms with van der Waals surface area (Å²) in [6, 6.07) is 0.166. The molecule has 0 spiro atoms. The van der Waals surface area contributed by atoms with Gasteiger partial charge in [-0.05, 0) is 31.2 Å². The molecule has 0 saturated heterocycles. The molecule has 18 heavy (non-hydrogen) atoms. The van der Waals surface area contributed by atoms with Crippen LogP contribution in [0.3, 0.4) is 0 Å². The molecule has 0 radical (unpaired) electrons. The highest BCUT2D eigenvalue weighted by molar-refractivity contribution is 7.91. The van der Waals surface area contributed by atoms with E-state index in [1.54, 1.807) is 0 Å². The van der Waals surface area contributed by atoms with Gasteiger partial charge < -0.3 is 5.32 Å². The van der Waals surface area contributed by atoms with E-state index in [1.165, 1.54) is 32.1 Å². The van der Waals surface area contributed by atoms with Crippen LogP contribution < -0.4 is 5.32 Å². The number of sulfone groups is 1. The van der Waals surface area contributed by atoms with Crippen LogP contribution in [-0.4, -0.2) is 32.5 Å². The minimum atomic E-state index is -2.91. The van der Waals surface area contributed by atoms with Crippen molar-refractivity contribution in [3.05, 3.63) is 0 Å². The highest BCUT2D eigenvalue weighted by atomic mass is 32.2. The van der Waals surface area contributed by atoms with Crippen LogP contribution in [0.4, 0.5) is 0 Å². The normalized spacial score (nSPS) is 20.2. The standard InChI is InChI=1S/C14H29NO2S/c1-4-15-14(13-8-6-5-7-9-13)11-18(16,17)10-12(2)3/h12-15H,4-11H2,1-3H3. The number of hydrogen-bond acceptors (Lipinski definition) is 3. The fourth-order valence-corrected chi connectivity index (χ4v) is 5.10. The van der Waals surface area contributed by atoms with Crippen LogP contribution in [0.5, 0.6) is 0 Å². The van der Waals surface area contributed by atoms with Gasteiger partial charge in [-0.25, -0.2) is 8.42 Å². The van der Waals surface area contributed by atoms with Gasteiger partial charge in [0, 0.05) is 6.04 Å². The molecule has 108 valence electrons. The first-order valence-electron chi connectivity index (χ1n) is 7.38. The highest BCUT2D eigenvalue weighted by Crippen LogP contribution is 2.27. The van der Waals surface area contributed by atoms with E-state index in [9.17, 15) is 8.42 Å². The van der Waals surface area contributed by atoms with Gasteiger partial charge in [-0.3, -0.25) is 0 Å². The Morgan fingerprint density at radius 1 is 1.11 bits per heavy atom. The lowest BCUT2D eigenvalue weighted by Gasteiger charge is -2.30. The summed E-state index contributed by atoms with van der Waals surface area (Å²) in [6.07, 6.45) is 6.21. The van der Waals surface area contributed by atoms with Crippen molar-refractivity contribution in [3.8, 4) is 0 Å². The zero-order valence-corrected chi connectivity index (χ0v) is 12.9. The molecule has 1 N–H and O–H groups in total. The van der Waals surface area contributed by atoms with Gasteiger partial charge in [0.1, 0.15) is 0 Å². The average Bonchev–Trinajstić information content (AvgIpc) is 2.27. The monoisotopic (exact) mass is 275 g/mol.